The minimum Gasteiger partial charge on any atom is -0.429 e. The van der Waals surface area contributed by atoms with Gasteiger partial charge in [0.05, 0.1) is 0 Å². The van der Waals surface area contributed by atoms with Crippen molar-refractivity contribution in [2.45, 2.75) is 52.1 Å². The van der Waals surface area contributed by atoms with Crippen LogP contribution in [0, 0.1) is 0 Å². The van der Waals surface area contributed by atoms with Gasteiger partial charge in [0.15, 0.2) is 5.60 Å². The van der Waals surface area contributed by atoms with Gasteiger partial charge in [0, 0.05) is 0 Å². The third kappa shape index (κ3) is 3.51. The zero-order valence-electron chi connectivity index (χ0n) is 9.12. The number of rotatable bonds is 2. The molecule has 5 heteroatoms. The molecule has 1 aliphatic rings. The van der Waals surface area contributed by atoms with Crippen molar-refractivity contribution in [3.63, 3.8) is 0 Å². The average Bonchev–Trinajstić information content (AvgIpc) is 2.57. The Balaban J connectivity index is 2.40. The van der Waals surface area contributed by atoms with Crippen LogP contribution in [0.25, 0.3) is 0 Å². The number of ether oxygens (including phenoxy) is 2. The molecular formula is C9H16O5. The number of carbonyl (C=O) groups excluding carboxylic acids is 1. The summed E-state index contributed by atoms with van der Waals surface area (Å²) in [6.45, 7) is 8.69. The predicted octanol–water partition coefficient (Wildman–Crippen LogP) is 2.00. The Kier molecular flexibility index (Phi) is 2.74. The first kappa shape index (κ1) is 11.3. The largest absolute Gasteiger partial charge is 0.509 e. The van der Waals surface area contributed by atoms with E-state index in [1.807, 2.05) is 0 Å². The highest BCUT2D eigenvalue weighted by Crippen LogP contribution is 2.29. The molecule has 0 bridgehead atoms. The first-order chi connectivity index (χ1) is 6.21. The van der Waals surface area contributed by atoms with Crippen LogP contribution in [0.15, 0.2) is 0 Å². The molecule has 0 aromatic rings. The molecule has 14 heavy (non-hydrogen) atoms. The van der Waals surface area contributed by atoms with Crippen LogP contribution in [-0.4, -0.2) is 23.6 Å². The van der Waals surface area contributed by atoms with E-state index in [9.17, 15) is 4.79 Å². The second kappa shape index (κ2) is 3.40. The molecule has 0 amide bonds. The second-order valence-electron chi connectivity index (χ2n) is 4.69. The van der Waals surface area contributed by atoms with E-state index >= 15 is 0 Å². The van der Waals surface area contributed by atoms with Crippen LogP contribution in [0.4, 0.5) is 4.79 Å². The van der Waals surface area contributed by atoms with Crippen molar-refractivity contribution in [3.8, 4) is 0 Å². The van der Waals surface area contributed by atoms with Crippen LogP contribution in [0.2, 0.25) is 0 Å². The second-order valence-corrected chi connectivity index (χ2v) is 4.69. The van der Waals surface area contributed by atoms with Gasteiger partial charge in [-0.3, -0.25) is 0 Å². The SMILES string of the molecule is CC(C)(C)OC(=O)OC(C)(C)C1OO1. The molecule has 82 valence electrons. The summed E-state index contributed by atoms with van der Waals surface area (Å²) in [6.07, 6.45) is -1.21. The van der Waals surface area contributed by atoms with Crippen molar-refractivity contribution < 1.29 is 24.0 Å². The quantitative estimate of drug-likeness (QED) is 0.391. The summed E-state index contributed by atoms with van der Waals surface area (Å²) in [7, 11) is 0. The fourth-order valence-electron chi connectivity index (χ4n) is 0.793. The maximum absolute atomic E-state index is 11.3. The molecule has 1 saturated heterocycles. The van der Waals surface area contributed by atoms with Gasteiger partial charge in [-0.25, -0.2) is 4.79 Å². The van der Waals surface area contributed by atoms with Gasteiger partial charge in [-0.05, 0) is 34.6 Å². The average molecular weight is 204 g/mol. The zero-order chi connectivity index (χ0) is 11.0. The Bertz CT molecular complexity index is 224. The van der Waals surface area contributed by atoms with Gasteiger partial charge in [0.25, 0.3) is 6.29 Å². The van der Waals surface area contributed by atoms with Crippen LogP contribution in [0.1, 0.15) is 34.6 Å². The normalized spacial score (nSPS) is 17.8. The first-order valence-corrected chi connectivity index (χ1v) is 4.45. The minimum absolute atomic E-state index is 0.491. The third-order valence-corrected chi connectivity index (χ3v) is 1.50. The van der Waals surface area contributed by atoms with E-state index in [4.69, 9.17) is 9.47 Å². The van der Waals surface area contributed by atoms with E-state index in [-0.39, 0.29) is 0 Å². The molecule has 0 unspecified atom stereocenters. The first-order valence-electron chi connectivity index (χ1n) is 4.45. The van der Waals surface area contributed by atoms with Crippen LogP contribution < -0.4 is 0 Å². The van der Waals surface area contributed by atoms with E-state index in [2.05, 4.69) is 9.78 Å². The molecule has 0 aromatic heterocycles. The maximum atomic E-state index is 11.3. The molecule has 0 N–H and O–H groups in total. The molecular weight excluding hydrogens is 188 g/mol. The van der Waals surface area contributed by atoms with Crippen molar-refractivity contribution in [1.29, 1.82) is 0 Å². The summed E-state index contributed by atoms with van der Waals surface area (Å²) in [5, 5.41) is 0. The molecule has 0 aliphatic carbocycles. The number of hydrogen-bond acceptors (Lipinski definition) is 5. The van der Waals surface area contributed by atoms with Gasteiger partial charge >= 0.3 is 6.16 Å². The number of carbonyl (C=O) groups is 1. The van der Waals surface area contributed by atoms with Gasteiger partial charge in [0.1, 0.15) is 5.60 Å². The van der Waals surface area contributed by atoms with E-state index in [1.54, 1.807) is 34.6 Å². The lowest BCUT2D eigenvalue weighted by atomic mass is 10.1. The lowest BCUT2D eigenvalue weighted by molar-refractivity contribution is -0.0631. The highest BCUT2D eigenvalue weighted by Gasteiger charge is 2.47. The van der Waals surface area contributed by atoms with Crippen molar-refractivity contribution in [1.82, 2.24) is 0 Å². The monoisotopic (exact) mass is 204 g/mol. The van der Waals surface area contributed by atoms with Crippen molar-refractivity contribution in [3.05, 3.63) is 0 Å². The lowest BCUT2D eigenvalue weighted by Crippen LogP contribution is -2.36. The van der Waals surface area contributed by atoms with Gasteiger partial charge < -0.3 is 9.47 Å². The molecule has 0 radical (unpaired) electrons. The fourth-order valence-corrected chi connectivity index (χ4v) is 0.793. The van der Waals surface area contributed by atoms with E-state index in [1.165, 1.54) is 0 Å². The summed E-state index contributed by atoms with van der Waals surface area (Å²) >= 11 is 0. The van der Waals surface area contributed by atoms with Crippen LogP contribution >= 0.6 is 0 Å². The van der Waals surface area contributed by atoms with E-state index in [0.717, 1.165) is 0 Å². The van der Waals surface area contributed by atoms with E-state index < -0.39 is 23.6 Å². The van der Waals surface area contributed by atoms with Crippen molar-refractivity contribution in [2.75, 3.05) is 0 Å². The molecule has 1 heterocycles. The minimum atomic E-state index is -0.817. The Morgan fingerprint density at radius 1 is 1.07 bits per heavy atom. The molecule has 1 rings (SSSR count). The highest BCUT2D eigenvalue weighted by molar-refractivity contribution is 5.61. The summed E-state index contributed by atoms with van der Waals surface area (Å²) < 4.78 is 10.0. The molecule has 1 fully saturated rings. The van der Waals surface area contributed by atoms with Crippen LogP contribution in [0.3, 0.4) is 0 Å². The van der Waals surface area contributed by atoms with Gasteiger partial charge in [-0.2, -0.15) is 9.78 Å². The maximum Gasteiger partial charge on any atom is 0.509 e. The molecule has 0 saturated carbocycles. The van der Waals surface area contributed by atoms with Crippen molar-refractivity contribution >= 4 is 6.16 Å². The highest BCUT2D eigenvalue weighted by atomic mass is 17.4. The van der Waals surface area contributed by atoms with Gasteiger partial charge in [-0.1, -0.05) is 0 Å². The zero-order valence-corrected chi connectivity index (χ0v) is 9.12. The van der Waals surface area contributed by atoms with Gasteiger partial charge in [-0.15, -0.1) is 0 Å². The standard InChI is InChI=1S/C9H16O5/c1-8(2,3)11-7(10)12-9(4,5)6-13-14-6/h6H,1-5H3. The summed E-state index contributed by atoms with van der Waals surface area (Å²) in [6, 6.07) is 0. The Morgan fingerprint density at radius 2 is 1.57 bits per heavy atom. The Morgan fingerprint density at radius 3 is 1.93 bits per heavy atom. The smallest absolute Gasteiger partial charge is 0.429 e. The Hall–Kier alpha value is -0.810. The molecule has 0 aromatic carbocycles. The molecule has 0 atom stereocenters. The molecule has 0 spiro atoms. The van der Waals surface area contributed by atoms with Gasteiger partial charge in [0.2, 0.25) is 0 Å². The summed E-state index contributed by atoms with van der Waals surface area (Å²) in [5.41, 5.74) is -1.37. The lowest BCUT2D eigenvalue weighted by Gasteiger charge is -2.24. The Labute approximate surface area is 83.2 Å². The molecule has 1 aliphatic heterocycles. The summed E-state index contributed by atoms with van der Waals surface area (Å²) in [4.78, 5) is 20.4. The summed E-state index contributed by atoms with van der Waals surface area (Å²) in [5.74, 6) is 0. The molecule has 5 nitrogen and oxygen atoms in total. The predicted molar refractivity (Wildman–Crippen MR) is 47.4 cm³/mol. The van der Waals surface area contributed by atoms with Crippen molar-refractivity contribution in [2.24, 2.45) is 0 Å². The van der Waals surface area contributed by atoms with Crippen LogP contribution in [0.5, 0.6) is 0 Å². The number of hydrogen-bond donors (Lipinski definition) is 0. The van der Waals surface area contributed by atoms with Crippen LogP contribution in [-0.2, 0) is 19.2 Å². The van der Waals surface area contributed by atoms with E-state index in [0.29, 0.717) is 0 Å². The fraction of sp³-hybridized carbons (Fsp3) is 0.889. The topological polar surface area (TPSA) is 60.6 Å². The third-order valence-electron chi connectivity index (χ3n) is 1.50.